The fourth-order valence-corrected chi connectivity index (χ4v) is 1.70. The van der Waals surface area contributed by atoms with E-state index >= 15 is 0 Å². The highest BCUT2D eigenvalue weighted by molar-refractivity contribution is 6.42. The topological polar surface area (TPSA) is 47.3 Å². The van der Waals surface area contributed by atoms with Crippen LogP contribution in [0.15, 0.2) is 18.2 Å². The van der Waals surface area contributed by atoms with Crippen LogP contribution in [0.5, 0.6) is 0 Å². The van der Waals surface area contributed by atoms with Crippen LogP contribution in [0.2, 0.25) is 10.0 Å². The van der Waals surface area contributed by atoms with Crippen molar-refractivity contribution in [3.63, 3.8) is 0 Å². The van der Waals surface area contributed by atoms with Gasteiger partial charge in [0.05, 0.1) is 22.7 Å². The van der Waals surface area contributed by atoms with Crippen LogP contribution in [0.25, 0.3) is 0 Å². The summed E-state index contributed by atoms with van der Waals surface area (Å²) in [6, 6.07) is 6.83. The number of nitrogens with zero attached hydrogens (tertiary/aromatic N) is 2. The quantitative estimate of drug-likeness (QED) is 0.903. The van der Waals surface area contributed by atoms with Gasteiger partial charge in [0.25, 0.3) is 0 Å². The molecule has 16 heavy (non-hydrogen) atoms. The van der Waals surface area contributed by atoms with Gasteiger partial charge in [0.15, 0.2) is 0 Å². The molecule has 0 aliphatic carbocycles. The lowest BCUT2D eigenvalue weighted by atomic mass is 10.1. The van der Waals surface area contributed by atoms with Crippen LogP contribution in [-0.4, -0.2) is 30.2 Å². The number of hydrogen-bond donors (Lipinski definition) is 1. The van der Waals surface area contributed by atoms with Gasteiger partial charge >= 0.3 is 0 Å². The minimum absolute atomic E-state index is 0.00992. The van der Waals surface area contributed by atoms with Crippen LogP contribution >= 0.6 is 23.2 Å². The lowest BCUT2D eigenvalue weighted by molar-refractivity contribution is 0.203. The van der Waals surface area contributed by atoms with Gasteiger partial charge < -0.3 is 5.11 Å². The third-order valence-electron chi connectivity index (χ3n) is 2.28. The highest BCUT2D eigenvalue weighted by Crippen LogP contribution is 2.27. The summed E-state index contributed by atoms with van der Waals surface area (Å²) in [6.45, 7) is 0.439. The van der Waals surface area contributed by atoms with Crippen LogP contribution in [0.3, 0.4) is 0 Å². The lowest BCUT2D eigenvalue weighted by Gasteiger charge is -2.21. The first kappa shape index (κ1) is 13.3. The molecule has 86 valence electrons. The van der Waals surface area contributed by atoms with E-state index in [0.29, 0.717) is 16.6 Å². The van der Waals surface area contributed by atoms with Crippen LogP contribution in [0.4, 0.5) is 0 Å². The van der Waals surface area contributed by atoms with E-state index in [1.54, 1.807) is 30.1 Å². The number of likely N-dealkylation sites (N-methyl/N-ethyl adjacent to an activating group) is 1. The molecule has 0 aliphatic heterocycles. The molecule has 0 spiro atoms. The number of rotatable bonds is 4. The second-order valence-corrected chi connectivity index (χ2v) is 4.22. The molecule has 1 N–H and O–H groups in total. The fourth-order valence-electron chi connectivity index (χ4n) is 1.40. The normalized spacial score (nSPS) is 12.5. The van der Waals surface area contributed by atoms with E-state index < -0.39 is 6.04 Å². The molecule has 3 nitrogen and oxygen atoms in total. The van der Waals surface area contributed by atoms with Crippen molar-refractivity contribution in [2.75, 3.05) is 20.2 Å². The van der Waals surface area contributed by atoms with Crippen molar-refractivity contribution in [2.45, 2.75) is 6.04 Å². The molecule has 1 aromatic carbocycles. The molecule has 0 heterocycles. The van der Waals surface area contributed by atoms with Gasteiger partial charge in [-0.25, -0.2) is 0 Å². The summed E-state index contributed by atoms with van der Waals surface area (Å²) >= 11 is 11.7. The van der Waals surface area contributed by atoms with Gasteiger partial charge in [0.1, 0.15) is 6.04 Å². The second kappa shape index (κ2) is 6.07. The first-order chi connectivity index (χ1) is 7.60. The molecule has 0 aliphatic rings. The summed E-state index contributed by atoms with van der Waals surface area (Å²) in [6.07, 6.45) is 0. The van der Waals surface area contributed by atoms with Crippen molar-refractivity contribution in [1.29, 1.82) is 5.26 Å². The Hall–Kier alpha value is -0.790. The Labute approximate surface area is 105 Å². The molecular weight excluding hydrogens is 247 g/mol. The van der Waals surface area contributed by atoms with Crippen LogP contribution in [0.1, 0.15) is 11.6 Å². The van der Waals surface area contributed by atoms with Gasteiger partial charge in [-0.2, -0.15) is 5.26 Å². The van der Waals surface area contributed by atoms with E-state index in [4.69, 9.17) is 33.6 Å². The Morgan fingerprint density at radius 3 is 2.62 bits per heavy atom. The Morgan fingerprint density at radius 1 is 1.44 bits per heavy atom. The number of aliphatic hydroxyl groups excluding tert-OH is 1. The first-order valence-electron chi connectivity index (χ1n) is 4.75. The maximum atomic E-state index is 9.09. The summed E-state index contributed by atoms with van der Waals surface area (Å²) in [5.74, 6) is 0. The average Bonchev–Trinajstić information content (AvgIpc) is 2.25. The molecule has 1 rings (SSSR count). The smallest absolute Gasteiger partial charge is 0.123 e. The van der Waals surface area contributed by atoms with Crippen molar-refractivity contribution < 1.29 is 5.11 Å². The maximum absolute atomic E-state index is 9.09. The molecule has 0 aromatic heterocycles. The van der Waals surface area contributed by atoms with Gasteiger partial charge in [-0.1, -0.05) is 29.3 Å². The molecular formula is C11H12Cl2N2O. The Morgan fingerprint density at radius 2 is 2.12 bits per heavy atom. The molecule has 1 unspecified atom stereocenters. The zero-order chi connectivity index (χ0) is 12.1. The number of nitriles is 1. The van der Waals surface area contributed by atoms with Crippen LogP contribution in [-0.2, 0) is 0 Å². The van der Waals surface area contributed by atoms with E-state index in [1.165, 1.54) is 0 Å². The molecule has 0 fully saturated rings. The highest BCUT2D eigenvalue weighted by Gasteiger charge is 2.16. The van der Waals surface area contributed by atoms with Crippen molar-refractivity contribution in [2.24, 2.45) is 0 Å². The van der Waals surface area contributed by atoms with Crippen molar-refractivity contribution >= 4 is 23.2 Å². The van der Waals surface area contributed by atoms with Crippen LogP contribution in [0, 0.1) is 11.3 Å². The molecule has 0 bridgehead atoms. The van der Waals surface area contributed by atoms with E-state index in [9.17, 15) is 0 Å². The lowest BCUT2D eigenvalue weighted by Crippen LogP contribution is -2.26. The predicted octanol–water partition coefficient (Wildman–Crippen LogP) is 2.48. The van der Waals surface area contributed by atoms with E-state index in [1.807, 2.05) is 0 Å². The van der Waals surface area contributed by atoms with Crippen molar-refractivity contribution in [3.05, 3.63) is 33.8 Å². The third-order valence-corrected chi connectivity index (χ3v) is 3.01. The number of benzene rings is 1. The summed E-state index contributed by atoms with van der Waals surface area (Å²) in [5, 5.41) is 18.8. The van der Waals surface area contributed by atoms with Crippen LogP contribution < -0.4 is 0 Å². The van der Waals surface area contributed by atoms with E-state index in [-0.39, 0.29) is 6.61 Å². The second-order valence-electron chi connectivity index (χ2n) is 3.41. The van der Waals surface area contributed by atoms with Crippen molar-refractivity contribution in [1.82, 2.24) is 4.90 Å². The Kier molecular flexibility index (Phi) is 5.04. The minimum Gasteiger partial charge on any atom is -0.395 e. The monoisotopic (exact) mass is 258 g/mol. The molecule has 0 saturated carbocycles. The van der Waals surface area contributed by atoms with Crippen molar-refractivity contribution in [3.8, 4) is 6.07 Å². The number of aliphatic hydroxyl groups is 1. The van der Waals surface area contributed by atoms with E-state index in [0.717, 1.165) is 5.56 Å². The summed E-state index contributed by atoms with van der Waals surface area (Å²) in [5.41, 5.74) is 0.771. The molecule has 5 heteroatoms. The molecule has 1 aromatic rings. The standard InChI is InChI=1S/C11H12Cl2N2O/c1-15(4-5-16)11(7-14)8-2-3-9(12)10(13)6-8/h2-3,6,11,16H,4-5H2,1H3. The Bertz CT molecular complexity index is 403. The zero-order valence-corrected chi connectivity index (χ0v) is 10.3. The highest BCUT2D eigenvalue weighted by atomic mass is 35.5. The largest absolute Gasteiger partial charge is 0.395 e. The third kappa shape index (κ3) is 3.10. The predicted molar refractivity (Wildman–Crippen MR) is 64.5 cm³/mol. The van der Waals surface area contributed by atoms with Gasteiger partial charge in [-0.05, 0) is 24.7 Å². The van der Waals surface area contributed by atoms with Gasteiger partial charge in [-0.3, -0.25) is 4.90 Å². The number of hydrogen-bond acceptors (Lipinski definition) is 3. The molecule has 1 atom stereocenters. The molecule has 0 amide bonds. The average molecular weight is 259 g/mol. The molecule has 0 saturated heterocycles. The molecule has 0 radical (unpaired) electrons. The van der Waals surface area contributed by atoms with Gasteiger partial charge in [0, 0.05) is 6.54 Å². The SMILES string of the molecule is CN(CCO)C(C#N)c1ccc(Cl)c(Cl)c1. The zero-order valence-electron chi connectivity index (χ0n) is 8.82. The fraction of sp³-hybridized carbons (Fsp3) is 0.364. The first-order valence-corrected chi connectivity index (χ1v) is 5.51. The van der Waals surface area contributed by atoms with E-state index in [2.05, 4.69) is 6.07 Å². The Balaban J connectivity index is 2.96. The number of halogens is 2. The summed E-state index contributed by atoms with van der Waals surface area (Å²) in [7, 11) is 1.77. The van der Waals surface area contributed by atoms with Gasteiger partial charge in [-0.15, -0.1) is 0 Å². The summed E-state index contributed by atoms with van der Waals surface area (Å²) < 4.78 is 0. The van der Waals surface area contributed by atoms with Gasteiger partial charge in [0.2, 0.25) is 0 Å². The minimum atomic E-state index is -0.429. The maximum Gasteiger partial charge on any atom is 0.123 e. The summed E-state index contributed by atoms with van der Waals surface area (Å²) in [4.78, 5) is 1.75.